The van der Waals surface area contributed by atoms with E-state index >= 15 is 0 Å². The van der Waals surface area contributed by atoms with Crippen molar-refractivity contribution < 1.29 is 13.2 Å². The van der Waals surface area contributed by atoms with E-state index in [4.69, 9.17) is 11.6 Å². The van der Waals surface area contributed by atoms with Gasteiger partial charge in [-0.3, -0.25) is 4.79 Å². The Balaban J connectivity index is 1.62. The summed E-state index contributed by atoms with van der Waals surface area (Å²) in [4.78, 5) is 14.1. The van der Waals surface area contributed by atoms with Crippen molar-refractivity contribution in [1.82, 2.24) is 9.21 Å². The lowest BCUT2D eigenvalue weighted by molar-refractivity contribution is -0.127. The van der Waals surface area contributed by atoms with E-state index in [-0.39, 0.29) is 23.9 Å². The Bertz CT molecular complexity index is 871. The van der Waals surface area contributed by atoms with Crippen LogP contribution in [-0.2, 0) is 14.8 Å². The van der Waals surface area contributed by atoms with Gasteiger partial charge in [-0.1, -0.05) is 17.7 Å². The summed E-state index contributed by atoms with van der Waals surface area (Å²) in [6.45, 7) is 1.28. The molecule has 2 aromatic rings. The van der Waals surface area contributed by atoms with Gasteiger partial charge in [-0.05, 0) is 46.7 Å². The van der Waals surface area contributed by atoms with E-state index in [1.807, 2.05) is 16.8 Å². The summed E-state index contributed by atoms with van der Waals surface area (Å²) < 4.78 is 26.7. The first kappa shape index (κ1) is 18.1. The van der Waals surface area contributed by atoms with E-state index in [0.29, 0.717) is 18.1 Å². The van der Waals surface area contributed by atoms with Crippen molar-refractivity contribution in [2.24, 2.45) is 0 Å². The molecule has 0 saturated carbocycles. The van der Waals surface area contributed by atoms with Crippen molar-refractivity contribution in [3.8, 4) is 0 Å². The third kappa shape index (κ3) is 4.30. The predicted octanol–water partition coefficient (Wildman–Crippen LogP) is 2.95. The second-order valence-corrected chi connectivity index (χ2v) is 8.73. The van der Waals surface area contributed by atoms with Crippen LogP contribution < -0.4 is 0 Å². The van der Waals surface area contributed by atoms with Crippen LogP contribution in [0.2, 0.25) is 5.02 Å². The van der Waals surface area contributed by atoms with Crippen molar-refractivity contribution in [3.63, 3.8) is 0 Å². The molecule has 25 heavy (non-hydrogen) atoms. The molecular weight excluding hydrogens is 380 g/mol. The molecule has 8 heteroatoms. The van der Waals surface area contributed by atoms with Crippen LogP contribution in [-0.4, -0.2) is 49.7 Å². The second kappa shape index (κ2) is 7.70. The first-order chi connectivity index (χ1) is 12.0. The number of hydrogen-bond acceptors (Lipinski definition) is 4. The highest BCUT2D eigenvalue weighted by Gasteiger charge is 2.29. The molecule has 1 aromatic heterocycles. The maximum Gasteiger partial charge on any atom is 0.246 e. The standard InChI is InChI=1S/C17H17ClN2O3S2/c18-15-2-1-3-16(12-15)25(22,23)20-9-7-19(8-10-20)17(21)5-4-14-6-11-24-13-14/h1-6,11-13H,7-10H2/b5-4+. The highest BCUT2D eigenvalue weighted by atomic mass is 35.5. The Hall–Kier alpha value is -1.67. The fourth-order valence-corrected chi connectivity index (χ4v) is 4.92. The molecule has 5 nitrogen and oxygen atoms in total. The Morgan fingerprint density at radius 2 is 1.92 bits per heavy atom. The molecule has 0 unspecified atom stereocenters. The maximum atomic E-state index is 12.6. The number of nitrogens with zero attached hydrogens (tertiary/aromatic N) is 2. The lowest BCUT2D eigenvalue weighted by atomic mass is 10.3. The van der Waals surface area contributed by atoms with Crippen LogP contribution in [0.25, 0.3) is 6.08 Å². The number of piperazine rings is 1. The van der Waals surface area contributed by atoms with Crippen molar-refractivity contribution in [2.45, 2.75) is 4.90 Å². The first-order valence-electron chi connectivity index (χ1n) is 7.72. The summed E-state index contributed by atoms with van der Waals surface area (Å²) in [6.07, 6.45) is 3.30. The third-order valence-electron chi connectivity index (χ3n) is 3.95. The fourth-order valence-electron chi connectivity index (χ4n) is 2.57. The molecule has 1 aliphatic rings. The molecule has 132 valence electrons. The van der Waals surface area contributed by atoms with Gasteiger partial charge in [0.1, 0.15) is 0 Å². The lowest BCUT2D eigenvalue weighted by Crippen LogP contribution is -2.50. The predicted molar refractivity (Wildman–Crippen MR) is 100 cm³/mol. The number of sulfonamides is 1. The summed E-state index contributed by atoms with van der Waals surface area (Å²) in [5.41, 5.74) is 0.987. The number of hydrogen-bond donors (Lipinski definition) is 0. The molecule has 2 heterocycles. The van der Waals surface area contributed by atoms with E-state index in [1.54, 1.807) is 34.4 Å². The van der Waals surface area contributed by atoms with Gasteiger partial charge in [0.2, 0.25) is 15.9 Å². The molecule has 0 aliphatic carbocycles. The summed E-state index contributed by atoms with van der Waals surface area (Å²) in [5.74, 6) is -0.106. The molecule has 1 aromatic carbocycles. The van der Waals surface area contributed by atoms with Crippen LogP contribution >= 0.6 is 22.9 Å². The van der Waals surface area contributed by atoms with Crippen LogP contribution in [0.15, 0.2) is 52.1 Å². The summed E-state index contributed by atoms with van der Waals surface area (Å²) in [6, 6.07) is 8.16. The minimum Gasteiger partial charge on any atom is -0.337 e. The molecule has 1 saturated heterocycles. The highest BCUT2D eigenvalue weighted by Crippen LogP contribution is 2.21. The summed E-state index contributed by atoms with van der Waals surface area (Å²) in [7, 11) is -3.59. The average Bonchev–Trinajstić information content (AvgIpc) is 3.13. The number of benzene rings is 1. The number of thiophene rings is 1. The van der Waals surface area contributed by atoms with Crippen molar-refractivity contribution >= 4 is 44.9 Å². The molecule has 0 N–H and O–H groups in total. The fraction of sp³-hybridized carbons (Fsp3) is 0.235. The van der Waals surface area contributed by atoms with Gasteiger partial charge in [0, 0.05) is 37.3 Å². The summed E-state index contributed by atoms with van der Waals surface area (Å²) in [5, 5.41) is 4.29. The maximum absolute atomic E-state index is 12.6. The van der Waals surface area contributed by atoms with Crippen LogP contribution in [0.5, 0.6) is 0 Å². The zero-order valence-electron chi connectivity index (χ0n) is 13.3. The van der Waals surface area contributed by atoms with Gasteiger partial charge in [-0.15, -0.1) is 0 Å². The van der Waals surface area contributed by atoms with Gasteiger partial charge in [0.05, 0.1) is 4.90 Å². The second-order valence-electron chi connectivity index (χ2n) is 5.58. The number of carbonyl (C=O) groups is 1. The SMILES string of the molecule is O=C(/C=C/c1ccsc1)N1CCN(S(=O)(=O)c2cccc(Cl)c2)CC1. The zero-order chi connectivity index (χ0) is 17.9. The largest absolute Gasteiger partial charge is 0.337 e. The Morgan fingerprint density at radius 3 is 2.56 bits per heavy atom. The molecular formula is C17H17ClN2O3S2. The Labute approximate surface area is 156 Å². The van der Waals surface area contributed by atoms with E-state index in [9.17, 15) is 13.2 Å². The molecule has 1 amide bonds. The van der Waals surface area contributed by atoms with Crippen LogP contribution in [0.3, 0.4) is 0 Å². The smallest absolute Gasteiger partial charge is 0.246 e. The van der Waals surface area contributed by atoms with Gasteiger partial charge in [0.15, 0.2) is 0 Å². The van der Waals surface area contributed by atoms with Crippen LogP contribution in [0.4, 0.5) is 0 Å². The molecule has 1 fully saturated rings. The normalized spacial score (nSPS) is 16.4. The average molecular weight is 397 g/mol. The van der Waals surface area contributed by atoms with Crippen molar-refractivity contribution in [2.75, 3.05) is 26.2 Å². The summed E-state index contributed by atoms with van der Waals surface area (Å²) >= 11 is 7.46. The number of carbonyl (C=O) groups excluding carboxylic acids is 1. The minimum absolute atomic E-state index is 0.106. The van der Waals surface area contributed by atoms with Gasteiger partial charge < -0.3 is 4.90 Å². The Morgan fingerprint density at radius 1 is 1.16 bits per heavy atom. The van der Waals surface area contributed by atoms with Gasteiger partial charge in [-0.2, -0.15) is 15.6 Å². The molecule has 0 bridgehead atoms. The van der Waals surface area contributed by atoms with E-state index in [0.717, 1.165) is 5.56 Å². The molecule has 1 aliphatic heterocycles. The monoisotopic (exact) mass is 396 g/mol. The van der Waals surface area contributed by atoms with Crippen LogP contribution in [0.1, 0.15) is 5.56 Å². The highest BCUT2D eigenvalue weighted by molar-refractivity contribution is 7.89. The van der Waals surface area contributed by atoms with Gasteiger partial charge in [0.25, 0.3) is 0 Å². The topological polar surface area (TPSA) is 57.7 Å². The van der Waals surface area contributed by atoms with Crippen molar-refractivity contribution in [1.29, 1.82) is 0 Å². The first-order valence-corrected chi connectivity index (χ1v) is 10.5. The molecule has 0 radical (unpaired) electrons. The molecule has 3 rings (SSSR count). The zero-order valence-corrected chi connectivity index (χ0v) is 15.7. The minimum atomic E-state index is -3.59. The third-order valence-corrected chi connectivity index (χ3v) is 6.78. The van der Waals surface area contributed by atoms with Gasteiger partial charge in [-0.25, -0.2) is 8.42 Å². The number of rotatable bonds is 4. The van der Waals surface area contributed by atoms with Crippen molar-refractivity contribution in [3.05, 3.63) is 57.8 Å². The van der Waals surface area contributed by atoms with Crippen LogP contribution in [0, 0.1) is 0 Å². The quantitative estimate of drug-likeness (QED) is 0.746. The van der Waals surface area contributed by atoms with E-state index in [1.165, 1.54) is 22.5 Å². The Kier molecular flexibility index (Phi) is 5.58. The lowest BCUT2D eigenvalue weighted by Gasteiger charge is -2.33. The van der Waals surface area contributed by atoms with E-state index in [2.05, 4.69) is 0 Å². The molecule has 0 spiro atoms. The molecule has 0 atom stereocenters. The number of amides is 1. The number of halogens is 1. The van der Waals surface area contributed by atoms with Gasteiger partial charge >= 0.3 is 0 Å². The van der Waals surface area contributed by atoms with E-state index < -0.39 is 10.0 Å².